The summed E-state index contributed by atoms with van der Waals surface area (Å²) in [7, 11) is 0. The molecule has 0 atom stereocenters. The summed E-state index contributed by atoms with van der Waals surface area (Å²) in [6.45, 7) is 4.46. The lowest BCUT2D eigenvalue weighted by atomic mass is 9.44. The van der Waals surface area contributed by atoms with Crippen LogP contribution >= 0.6 is 0 Å². The maximum Gasteiger partial charge on any atom is 0.333 e. The van der Waals surface area contributed by atoms with Crippen molar-refractivity contribution < 1.29 is 4.42 Å². The molecule has 4 heterocycles. The van der Waals surface area contributed by atoms with Gasteiger partial charge < -0.3 is 13.8 Å². The molecule has 0 spiro atoms. The van der Waals surface area contributed by atoms with Gasteiger partial charge in [0.15, 0.2) is 0 Å². The standard InChI is InChI=1S/C66H41BN2O/c1-38-47-23-13-14-24-48(47)39(2)53-36-57-55(35-52(38)53)67-65-58(68(57)46-32-44(40-17-5-3-6-18-40)31-45(33-46)41-19-7-4-8-20-41)37-60-62(51-27-15-16-28-59(51)70-60)63(65)54-34-43-22-10-12-26-50(43)64-61-49-25-11-9-21-42(49)29-30-56(61)69(67)66(54)64/h3-37H,1-2H3. The molecule has 0 amide bonds. The number of hydrogen-bond acceptors (Lipinski definition) is 2. The molecule has 0 saturated heterocycles. The molecule has 2 aliphatic rings. The summed E-state index contributed by atoms with van der Waals surface area (Å²) in [6.07, 6.45) is 0. The number of furan rings is 1. The first-order chi connectivity index (χ1) is 34.6. The Labute approximate surface area is 404 Å². The van der Waals surface area contributed by atoms with Crippen molar-refractivity contribution in [3.05, 3.63) is 223 Å². The van der Waals surface area contributed by atoms with E-state index in [2.05, 4.69) is 236 Å². The molecule has 0 unspecified atom stereocenters. The van der Waals surface area contributed by atoms with Crippen LogP contribution in [0.25, 0.3) is 120 Å². The van der Waals surface area contributed by atoms with Crippen LogP contribution in [0.3, 0.4) is 0 Å². The van der Waals surface area contributed by atoms with Gasteiger partial charge in [-0.2, -0.15) is 0 Å². The third-order valence-electron chi connectivity index (χ3n) is 16.0. The van der Waals surface area contributed by atoms with E-state index in [0.717, 1.165) is 27.9 Å². The second-order valence-electron chi connectivity index (χ2n) is 19.6. The molecular weight excluding hydrogens is 848 g/mol. The predicted molar refractivity (Wildman–Crippen MR) is 298 cm³/mol. The summed E-state index contributed by atoms with van der Waals surface area (Å²) >= 11 is 0. The average Bonchev–Trinajstić information content (AvgIpc) is 3.98. The molecule has 3 nitrogen and oxygen atoms in total. The minimum absolute atomic E-state index is 0.175. The maximum atomic E-state index is 7.09. The zero-order chi connectivity index (χ0) is 45.9. The van der Waals surface area contributed by atoms with E-state index in [4.69, 9.17) is 4.42 Å². The zero-order valence-electron chi connectivity index (χ0n) is 38.6. The van der Waals surface area contributed by atoms with E-state index < -0.39 is 0 Å². The molecule has 0 fully saturated rings. The fourth-order valence-corrected chi connectivity index (χ4v) is 13.0. The first-order valence-corrected chi connectivity index (χ1v) is 24.4. The number of hydrogen-bond donors (Lipinski definition) is 0. The Bertz CT molecular complexity index is 4560. The summed E-state index contributed by atoms with van der Waals surface area (Å²) in [4.78, 5) is 2.59. The Morgan fingerprint density at radius 1 is 0.400 bits per heavy atom. The van der Waals surface area contributed by atoms with Crippen LogP contribution in [-0.2, 0) is 0 Å². The number of nitrogens with zero attached hydrogens (tertiary/aromatic N) is 2. The molecule has 14 aromatic rings. The third-order valence-corrected chi connectivity index (χ3v) is 16.0. The van der Waals surface area contributed by atoms with Crippen molar-refractivity contribution in [1.29, 1.82) is 0 Å². The van der Waals surface area contributed by atoms with Crippen LogP contribution < -0.4 is 15.8 Å². The Morgan fingerprint density at radius 3 is 1.69 bits per heavy atom. The van der Waals surface area contributed by atoms with E-state index in [1.165, 1.54) is 131 Å². The van der Waals surface area contributed by atoms with Crippen molar-refractivity contribution >= 4 is 122 Å². The summed E-state index contributed by atoms with van der Waals surface area (Å²) in [5.74, 6) is 0. The molecule has 0 bridgehead atoms. The van der Waals surface area contributed by atoms with Crippen LogP contribution in [-0.4, -0.2) is 11.3 Å². The van der Waals surface area contributed by atoms with Gasteiger partial charge in [-0.3, -0.25) is 0 Å². The van der Waals surface area contributed by atoms with Gasteiger partial charge in [-0.05, 0) is 149 Å². The number of para-hydroxylation sites is 1. The van der Waals surface area contributed by atoms with Gasteiger partial charge in [0.25, 0.3) is 0 Å². The summed E-state index contributed by atoms with van der Waals surface area (Å²) in [5, 5.41) is 15.1. The average molecular weight is 889 g/mol. The number of anilines is 3. The molecule has 0 aliphatic carbocycles. The largest absolute Gasteiger partial charge is 0.456 e. The van der Waals surface area contributed by atoms with Crippen molar-refractivity contribution in [2.75, 3.05) is 4.90 Å². The Kier molecular flexibility index (Phi) is 7.56. The SMILES string of the molecule is Cc1c2ccccc2c(C)c2cc3c(cc12)B1c2c(cc4oc5ccccc5c4c2-c2cc4ccccc4c4c5c6ccccc6ccc5n1c24)N3c1cc(-c2ccccc2)cc(-c2ccccc2)c1. The molecule has 2 aromatic heterocycles. The molecule has 16 rings (SSSR count). The Balaban J connectivity index is 1.14. The van der Waals surface area contributed by atoms with Gasteiger partial charge >= 0.3 is 6.85 Å². The fraction of sp³-hybridized carbons (Fsp3) is 0.0303. The molecule has 70 heavy (non-hydrogen) atoms. The number of benzene rings is 12. The van der Waals surface area contributed by atoms with E-state index in [0.29, 0.717) is 0 Å². The lowest BCUT2D eigenvalue weighted by Crippen LogP contribution is -2.56. The van der Waals surface area contributed by atoms with Gasteiger partial charge in [0.1, 0.15) is 11.2 Å². The first-order valence-electron chi connectivity index (χ1n) is 24.4. The van der Waals surface area contributed by atoms with Gasteiger partial charge in [0.05, 0.1) is 0 Å². The van der Waals surface area contributed by atoms with Crippen molar-refractivity contribution in [2.45, 2.75) is 13.8 Å². The lowest BCUT2D eigenvalue weighted by Gasteiger charge is -2.41. The van der Waals surface area contributed by atoms with E-state index >= 15 is 0 Å². The van der Waals surface area contributed by atoms with E-state index in [-0.39, 0.29) is 6.85 Å². The molecule has 324 valence electrons. The summed E-state index contributed by atoms with van der Waals surface area (Å²) in [5.41, 5.74) is 20.1. The van der Waals surface area contributed by atoms with Crippen LogP contribution in [0.15, 0.2) is 217 Å². The number of rotatable bonds is 3. The van der Waals surface area contributed by atoms with Gasteiger partial charge in [-0.1, -0.05) is 164 Å². The summed E-state index contributed by atoms with van der Waals surface area (Å²) < 4.78 is 9.82. The first kappa shape index (κ1) is 38.1. The fourth-order valence-electron chi connectivity index (χ4n) is 13.0. The van der Waals surface area contributed by atoms with Crippen LogP contribution in [0.5, 0.6) is 0 Å². The highest BCUT2D eigenvalue weighted by molar-refractivity contribution is 6.90. The summed E-state index contributed by atoms with van der Waals surface area (Å²) in [6, 6.07) is 79.1. The molecule has 4 heteroatoms. The second kappa shape index (κ2) is 13.9. The topological polar surface area (TPSA) is 21.3 Å². The molecule has 0 radical (unpaired) electrons. The second-order valence-corrected chi connectivity index (χ2v) is 19.6. The molecule has 0 N–H and O–H groups in total. The predicted octanol–water partition coefficient (Wildman–Crippen LogP) is 16.7. The van der Waals surface area contributed by atoms with Gasteiger partial charge in [0.2, 0.25) is 0 Å². The number of aromatic nitrogens is 1. The highest BCUT2D eigenvalue weighted by Crippen LogP contribution is 2.53. The molecule has 12 aromatic carbocycles. The van der Waals surface area contributed by atoms with Gasteiger partial charge in [-0.15, -0.1) is 0 Å². The van der Waals surface area contributed by atoms with E-state index in [1.54, 1.807) is 0 Å². The number of aryl methyl sites for hydroxylation is 2. The molecule has 0 saturated carbocycles. The van der Waals surface area contributed by atoms with Crippen LogP contribution in [0.4, 0.5) is 17.1 Å². The van der Waals surface area contributed by atoms with Crippen molar-refractivity contribution in [1.82, 2.24) is 4.48 Å². The van der Waals surface area contributed by atoms with Crippen LogP contribution in [0.1, 0.15) is 11.1 Å². The van der Waals surface area contributed by atoms with Crippen molar-refractivity contribution in [3.8, 4) is 33.4 Å². The minimum atomic E-state index is -0.175. The highest BCUT2D eigenvalue weighted by Gasteiger charge is 2.45. The van der Waals surface area contributed by atoms with E-state index in [1.807, 2.05) is 0 Å². The molecular formula is C66H41BN2O. The van der Waals surface area contributed by atoms with Crippen LogP contribution in [0, 0.1) is 13.8 Å². The maximum absolute atomic E-state index is 7.09. The zero-order valence-corrected chi connectivity index (χ0v) is 38.6. The van der Waals surface area contributed by atoms with Crippen LogP contribution in [0.2, 0.25) is 0 Å². The van der Waals surface area contributed by atoms with Crippen molar-refractivity contribution in [2.24, 2.45) is 0 Å². The highest BCUT2D eigenvalue weighted by atomic mass is 16.3. The lowest BCUT2D eigenvalue weighted by molar-refractivity contribution is 0.669. The van der Waals surface area contributed by atoms with Gasteiger partial charge in [0, 0.05) is 61.3 Å². The minimum Gasteiger partial charge on any atom is -0.456 e. The normalized spacial score (nSPS) is 12.9. The smallest absolute Gasteiger partial charge is 0.333 e. The Hall–Kier alpha value is -8.86. The van der Waals surface area contributed by atoms with Crippen molar-refractivity contribution in [3.63, 3.8) is 0 Å². The monoisotopic (exact) mass is 888 g/mol. The quantitative estimate of drug-likeness (QED) is 0.130. The Morgan fingerprint density at radius 2 is 0.986 bits per heavy atom. The third kappa shape index (κ3) is 4.99. The number of fused-ring (bicyclic) bond motifs is 17. The van der Waals surface area contributed by atoms with E-state index in [9.17, 15) is 0 Å². The molecule has 2 aliphatic heterocycles. The van der Waals surface area contributed by atoms with Gasteiger partial charge in [-0.25, -0.2) is 0 Å².